The van der Waals surface area contributed by atoms with Gasteiger partial charge < -0.3 is 10.7 Å². The van der Waals surface area contributed by atoms with Gasteiger partial charge in [-0.3, -0.25) is 0 Å². The lowest BCUT2D eigenvalue weighted by Crippen LogP contribution is -2.76. The summed E-state index contributed by atoms with van der Waals surface area (Å²) < 4.78 is 318. The second-order valence-electron chi connectivity index (χ2n) is 6.90. The van der Waals surface area contributed by atoms with Crippen LogP contribution in [0, 0.1) is 0 Å². The number of quaternary nitrogens is 1. The van der Waals surface area contributed by atoms with Gasteiger partial charge in [0.1, 0.15) is 0 Å². The maximum atomic E-state index is 13.5. The second kappa shape index (κ2) is 9.71. The van der Waals surface area contributed by atoms with Crippen LogP contribution in [-0.2, 0) is 10.1 Å². The van der Waals surface area contributed by atoms with Gasteiger partial charge in [0, 0.05) is 0 Å². The molecule has 0 spiro atoms. The summed E-state index contributed by atoms with van der Waals surface area (Å²) in [4.78, 5) is 0. The summed E-state index contributed by atoms with van der Waals surface area (Å²) in [5.41, 5.74) is 0. The fraction of sp³-hybridized carbons (Fsp3) is 1.00. The number of hydrogen-bond acceptors (Lipinski definition) is 3. The van der Waals surface area contributed by atoms with Gasteiger partial charge >= 0.3 is 58.8 Å². The molecule has 0 amide bonds. The van der Waals surface area contributed by atoms with Crippen molar-refractivity contribution < 1.29 is 110 Å². The molecule has 4 nitrogen and oxygen atoms in total. The third-order valence-electron chi connectivity index (χ3n) is 4.27. The summed E-state index contributed by atoms with van der Waals surface area (Å²) in [7, 11) is -8.36. The molecule has 238 valence electrons. The first-order valence-corrected chi connectivity index (χ1v) is 9.35. The average molecular weight is 663 g/mol. The van der Waals surface area contributed by atoms with Crippen LogP contribution in [0.2, 0.25) is 0 Å². The van der Waals surface area contributed by atoms with Crippen molar-refractivity contribution in [1.29, 1.82) is 0 Å². The highest BCUT2D eigenvalue weighted by Crippen LogP contribution is 2.65. The van der Waals surface area contributed by atoms with Crippen LogP contribution >= 0.6 is 0 Å². The van der Waals surface area contributed by atoms with Crippen molar-refractivity contribution in [2.75, 3.05) is 0 Å². The van der Waals surface area contributed by atoms with Crippen molar-refractivity contribution >= 4 is 10.1 Å². The molecular formula is C12H7F22NO3S. The molecule has 0 aromatic carbocycles. The minimum atomic E-state index is -9.38. The fourth-order valence-corrected chi connectivity index (χ4v) is 2.51. The molecule has 0 radical (unpaired) electrons. The SMILES string of the molecule is O=S(=O)([O-])C(F)(F)C(F)(F)C(F)(F)C(F)(F)C(F)(F)C(F)(F)C(F)(F)C(F)(F)C(F)(F)C(F)CC(F)(F)F.[NH4+]. The van der Waals surface area contributed by atoms with Gasteiger partial charge in [-0.25, -0.2) is 12.8 Å². The first kappa shape index (κ1) is 39.5. The Kier molecular flexibility index (Phi) is 9.83. The highest BCUT2D eigenvalue weighted by atomic mass is 32.2. The van der Waals surface area contributed by atoms with E-state index in [1.165, 1.54) is 0 Å². The summed E-state index contributed by atoms with van der Waals surface area (Å²) >= 11 is 0. The number of alkyl halides is 22. The van der Waals surface area contributed by atoms with Gasteiger partial charge in [-0.15, -0.1) is 0 Å². The van der Waals surface area contributed by atoms with Crippen LogP contribution in [0.15, 0.2) is 0 Å². The molecular weight excluding hydrogens is 656 g/mol. The van der Waals surface area contributed by atoms with E-state index in [1.54, 1.807) is 0 Å². The highest BCUT2D eigenvalue weighted by Gasteiger charge is 2.97. The monoisotopic (exact) mass is 663 g/mol. The lowest BCUT2D eigenvalue weighted by molar-refractivity contribution is -0.461. The molecule has 1 atom stereocenters. The Bertz CT molecular complexity index is 985. The lowest BCUT2D eigenvalue weighted by Gasteiger charge is -2.44. The number of hydrogen-bond donors (Lipinski definition) is 1. The van der Waals surface area contributed by atoms with Crippen molar-refractivity contribution in [2.45, 2.75) is 71.4 Å². The Labute approximate surface area is 198 Å². The van der Waals surface area contributed by atoms with Crippen molar-refractivity contribution in [3.05, 3.63) is 0 Å². The topological polar surface area (TPSA) is 93.7 Å². The van der Waals surface area contributed by atoms with E-state index < -0.39 is 81.5 Å². The van der Waals surface area contributed by atoms with E-state index >= 15 is 0 Å². The molecule has 0 saturated heterocycles. The maximum absolute atomic E-state index is 13.5. The quantitative estimate of drug-likeness (QED) is 0.193. The van der Waals surface area contributed by atoms with Crippen LogP contribution in [0.1, 0.15) is 6.42 Å². The smallest absolute Gasteiger partial charge is 0.402 e. The molecule has 27 heteroatoms. The van der Waals surface area contributed by atoms with E-state index in [0.717, 1.165) is 0 Å². The molecule has 39 heavy (non-hydrogen) atoms. The molecule has 0 aromatic heterocycles. The van der Waals surface area contributed by atoms with Crippen LogP contribution in [0.4, 0.5) is 96.6 Å². The Hall–Kier alpha value is -1.67. The third-order valence-corrected chi connectivity index (χ3v) is 5.15. The molecule has 0 aliphatic heterocycles. The molecule has 0 heterocycles. The molecule has 0 fully saturated rings. The molecule has 0 aromatic rings. The Morgan fingerprint density at radius 2 is 0.718 bits per heavy atom. The molecule has 1 unspecified atom stereocenters. The molecule has 0 saturated carbocycles. The summed E-state index contributed by atoms with van der Waals surface area (Å²) in [6, 6.07) is 0. The second-order valence-corrected chi connectivity index (χ2v) is 8.32. The zero-order valence-electron chi connectivity index (χ0n) is 17.2. The maximum Gasteiger partial charge on any atom is 0.402 e. The summed E-state index contributed by atoms with van der Waals surface area (Å²) in [6.07, 6.45) is -16.1. The minimum Gasteiger partial charge on any atom is -0.743 e. The molecule has 4 N–H and O–H groups in total. The first-order chi connectivity index (χ1) is 15.9. The van der Waals surface area contributed by atoms with Crippen LogP contribution in [0.3, 0.4) is 0 Å². The van der Waals surface area contributed by atoms with Crippen molar-refractivity contribution in [3.63, 3.8) is 0 Å². The Morgan fingerprint density at radius 3 is 0.949 bits per heavy atom. The van der Waals surface area contributed by atoms with Gasteiger partial charge in [-0.05, 0) is 0 Å². The lowest BCUT2D eigenvalue weighted by atomic mass is 9.86. The molecule has 0 rings (SSSR count). The van der Waals surface area contributed by atoms with E-state index in [0.29, 0.717) is 0 Å². The van der Waals surface area contributed by atoms with Crippen molar-refractivity contribution in [2.24, 2.45) is 0 Å². The van der Waals surface area contributed by atoms with E-state index in [4.69, 9.17) is 0 Å². The normalized spacial score (nSPS) is 17.1. The van der Waals surface area contributed by atoms with Gasteiger partial charge in [0.05, 0.1) is 6.42 Å². The predicted octanol–water partition coefficient (Wildman–Crippen LogP) is 6.87. The van der Waals surface area contributed by atoms with Crippen molar-refractivity contribution in [1.82, 2.24) is 6.15 Å². The minimum absolute atomic E-state index is 0. The van der Waals surface area contributed by atoms with Crippen LogP contribution in [0.5, 0.6) is 0 Å². The zero-order valence-corrected chi connectivity index (χ0v) is 18.0. The highest BCUT2D eigenvalue weighted by molar-refractivity contribution is 7.86. The van der Waals surface area contributed by atoms with Gasteiger partial charge in [0.2, 0.25) is 0 Å². The average Bonchev–Trinajstić information content (AvgIpc) is 2.64. The van der Waals surface area contributed by atoms with E-state index in [-0.39, 0.29) is 6.15 Å². The first-order valence-electron chi connectivity index (χ1n) is 7.94. The number of halogens is 22. The summed E-state index contributed by atoms with van der Waals surface area (Å²) in [5.74, 6) is -71.7. The third kappa shape index (κ3) is 5.25. The number of rotatable bonds is 11. The molecule has 0 bridgehead atoms. The van der Waals surface area contributed by atoms with E-state index in [9.17, 15) is 110 Å². The van der Waals surface area contributed by atoms with Gasteiger partial charge in [0.25, 0.3) is 0 Å². The van der Waals surface area contributed by atoms with Crippen LogP contribution in [-0.4, -0.2) is 78.0 Å². The summed E-state index contributed by atoms with van der Waals surface area (Å²) in [6.45, 7) is 0. The van der Waals surface area contributed by atoms with Gasteiger partial charge in [-0.2, -0.15) is 92.2 Å². The van der Waals surface area contributed by atoms with Crippen molar-refractivity contribution in [3.8, 4) is 0 Å². The fourth-order valence-electron chi connectivity index (χ4n) is 2.06. The predicted molar refractivity (Wildman–Crippen MR) is 75.8 cm³/mol. The van der Waals surface area contributed by atoms with Crippen LogP contribution < -0.4 is 6.15 Å². The van der Waals surface area contributed by atoms with E-state index in [1.807, 2.05) is 0 Å². The standard InChI is InChI=1S/C12H4F22O3S.H3N/c13-2(1-3(14,15)16)4(17,18)5(19,20)6(21,22)7(23,24)8(25,26)9(27,28)10(29,30)11(31,32)12(33,34)38(35,36)37;/h2H,1H2,(H,35,36,37);1H3. The Balaban J connectivity index is 0. The Morgan fingerprint density at radius 1 is 0.487 bits per heavy atom. The largest absolute Gasteiger partial charge is 0.743 e. The summed E-state index contributed by atoms with van der Waals surface area (Å²) in [5, 5.41) is -8.18. The van der Waals surface area contributed by atoms with Gasteiger partial charge in [-0.1, -0.05) is 0 Å². The molecule has 0 aliphatic carbocycles. The van der Waals surface area contributed by atoms with Gasteiger partial charge in [0.15, 0.2) is 16.3 Å². The van der Waals surface area contributed by atoms with E-state index in [2.05, 4.69) is 0 Å². The zero-order chi connectivity index (χ0) is 31.8. The van der Waals surface area contributed by atoms with Crippen LogP contribution in [0.25, 0.3) is 0 Å². The molecule has 0 aliphatic rings.